The van der Waals surface area contributed by atoms with Gasteiger partial charge in [-0.3, -0.25) is 19.9 Å². The molecule has 0 aromatic carbocycles. The van der Waals surface area contributed by atoms with Crippen LogP contribution in [0.25, 0.3) is 0 Å². The monoisotopic (exact) mass is 292 g/mol. The van der Waals surface area contributed by atoms with Crippen LogP contribution >= 0.6 is 0 Å². The molecule has 1 heterocycles. The van der Waals surface area contributed by atoms with Crippen molar-refractivity contribution in [3.05, 3.63) is 45.8 Å². The highest BCUT2D eigenvalue weighted by molar-refractivity contribution is 5.79. The minimum absolute atomic E-state index is 0.0373. The number of nitro groups is 1. The maximum atomic E-state index is 12.0. The maximum Gasteiger partial charge on any atom is 0.316 e. The summed E-state index contributed by atoms with van der Waals surface area (Å²) < 4.78 is 5.04. The van der Waals surface area contributed by atoms with E-state index in [0.717, 1.165) is 0 Å². The van der Waals surface area contributed by atoms with Crippen molar-refractivity contribution in [2.75, 3.05) is 6.61 Å². The lowest BCUT2D eigenvalue weighted by molar-refractivity contribution is -0.386. The standard InChI is InChI=1S/C15H20N2O4/c1-6-15(5,14(18)21-7-2)8-12-11(4)13(17(19)20)10(3)9-16-12/h6,9H,1,7-8H2,2-5H3. The Morgan fingerprint density at radius 3 is 2.67 bits per heavy atom. The molecular weight excluding hydrogens is 272 g/mol. The predicted molar refractivity (Wildman–Crippen MR) is 79.0 cm³/mol. The highest BCUT2D eigenvalue weighted by atomic mass is 16.6. The number of carbonyl (C=O) groups is 1. The zero-order valence-corrected chi connectivity index (χ0v) is 12.8. The number of ether oxygens (including phenoxy) is 1. The van der Waals surface area contributed by atoms with E-state index in [9.17, 15) is 14.9 Å². The SMILES string of the molecule is C=CC(C)(Cc1ncc(C)c([N+](=O)[O-])c1C)C(=O)OCC. The van der Waals surface area contributed by atoms with Crippen molar-refractivity contribution in [3.8, 4) is 0 Å². The second-order valence-electron chi connectivity index (χ2n) is 5.14. The zero-order chi connectivity index (χ0) is 16.2. The van der Waals surface area contributed by atoms with Gasteiger partial charge in [-0.1, -0.05) is 6.08 Å². The van der Waals surface area contributed by atoms with Crippen LogP contribution in [-0.2, 0) is 16.0 Å². The molecule has 0 bridgehead atoms. The van der Waals surface area contributed by atoms with Gasteiger partial charge in [-0.2, -0.15) is 0 Å². The normalized spacial score (nSPS) is 13.3. The molecule has 1 atom stereocenters. The molecule has 0 aliphatic heterocycles. The van der Waals surface area contributed by atoms with Crippen LogP contribution in [-0.4, -0.2) is 22.5 Å². The lowest BCUT2D eigenvalue weighted by atomic mass is 9.84. The van der Waals surface area contributed by atoms with Gasteiger partial charge in [-0.25, -0.2) is 0 Å². The minimum Gasteiger partial charge on any atom is -0.465 e. The largest absolute Gasteiger partial charge is 0.465 e. The Morgan fingerprint density at radius 2 is 2.19 bits per heavy atom. The fraction of sp³-hybridized carbons (Fsp3) is 0.467. The molecule has 0 saturated carbocycles. The highest BCUT2D eigenvalue weighted by Crippen LogP contribution is 2.30. The van der Waals surface area contributed by atoms with E-state index in [1.807, 2.05) is 0 Å². The quantitative estimate of drug-likeness (QED) is 0.348. The van der Waals surface area contributed by atoms with Crippen LogP contribution < -0.4 is 0 Å². The lowest BCUT2D eigenvalue weighted by Crippen LogP contribution is -2.30. The van der Waals surface area contributed by atoms with E-state index in [1.165, 1.54) is 12.3 Å². The number of hydrogen-bond acceptors (Lipinski definition) is 5. The predicted octanol–water partition coefficient (Wildman–Crippen LogP) is 2.90. The van der Waals surface area contributed by atoms with Crippen LogP contribution in [0.15, 0.2) is 18.9 Å². The van der Waals surface area contributed by atoms with Gasteiger partial charge in [0.25, 0.3) is 5.69 Å². The van der Waals surface area contributed by atoms with Crippen LogP contribution in [0.1, 0.15) is 30.7 Å². The van der Waals surface area contributed by atoms with E-state index in [-0.39, 0.29) is 18.7 Å². The first-order valence-corrected chi connectivity index (χ1v) is 6.67. The van der Waals surface area contributed by atoms with Gasteiger partial charge in [0.2, 0.25) is 0 Å². The summed E-state index contributed by atoms with van der Waals surface area (Å²) in [5.41, 5.74) is 0.546. The number of hydrogen-bond donors (Lipinski definition) is 0. The molecule has 21 heavy (non-hydrogen) atoms. The van der Waals surface area contributed by atoms with Crippen LogP contribution in [0, 0.1) is 29.4 Å². The van der Waals surface area contributed by atoms with Gasteiger partial charge in [0.05, 0.1) is 22.6 Å². The summed E-state index contributed by atoms with van der Waals surface area (Å²) >= 11 is 0. The number of aryl methyl sites for hydroxylation is 1. The van der Waals surface area contributed by atoms with Gasteiger partial charge in [-0.05, 0) is 27.7 Å². The molecule has 114 valence electrons. The molecule has 6 heteroatoms. The van der Waals surface area contributed by atoms with E-state index in [4.69, 9.17) is 4.74 Å². The summed E-state index contributed by atoms with van der Waals surface area (Å²) in [6, 6.07) is 0. The fourth-order valence-corrected chi connectivity index (χ4v) is 2.10. The Hall–Kier alpha value is -2.24. The van der Waals surface area contributed by atoms with Crippen LogP contribution in [0.4, 0.5) is 5.69 Å². The van der Waals surface area contributed by atoms with E-state index >= 15 is 0 Å². The molecule has 0 aliphatic rings. The van der Waals surface area contributed by atoms with Gasteiger partial charge in [-0.15, -0.1) is 6.58 Å². The molecule has 0 N–H and O–H groups in total. The molecule has 1 rings (SSSR count). The van der Waals surface area contributed by atoms with Gasteiger partial charge in [0, 0.05) is 23.7 Å². The van der Waals surface area contributed by atoms with Crippen molar-refractivity contribution in [1.29, 1.82) is 0 Å². The Kier molecular flexibility index (Phi) is 5.18. The smallest absolute Gasteiger partial charge is 0.316 e. The molecule has 1 aromatic heterocycles. The summed E-state index contributed by atoms with van der Waals surface area (Å²) in [5.74, 6) is -0.413. The molecule has 0 saturated heterocycles. The Balaban J connectivity index is 3.23. The summed E-state index contributed by atoms with van der Waals surface area (Å²) in [6.45, 7) is 10.6. The van der Waals surface area contributed by atoms with Crippen molar-refractivity contribution in [2.24, 2.45) is 5.41 Å². The van der Waals surface area contributed by atoms with Crippen molar-refractivity contribution in [3.63, 3.8) is 0 Å². The third-order valence-electron chi connectivity index (χ3n) is 3.49. The average Bonchev–Trinajstić information content (AvgIpc) is 2.41. The van der Waals surface area contributed by atoms with Crippen LogP contribution in [0.5, 0.6) is 0 Å². The number of carbonyl (C=O) groups excluding carboxylic acids is 1. The summed E-state index contributed by atoms with van der Waals surface area (Å²) in [6.07, 6.45) is 3.16. The highest BCUT2D eigenvalue weighted by Gasteiger charge is 2.34. The van der Waals surface area contributed by atoms with Crippen molar-refractivity contribution in [2.45, 2.75) is 34.1 Å². The van der Waals surface area contributed by atoms with Gasteiger partial charge in [0.1, 0.15) is 0 Å². The number of aromatic nitrogens is 1. The van der Waals surface area contributed by atoms with E-state index in [2.05, 4.69) is 11.6 Å². The van der Waals surface area contributed by atoms with E-state index in [1.54, 1.807) is 27.7 Å². The third kappa shape index (κ3) is 3.45. The first-order valence-electron chi connectivity index (χ1n) is 6.67. The molecule has 0 amide bonds. The van der Waals surface area contributed by atoms with Gasteiger partial charge in [0.15, 0.2) is 0 Å². The topological polar surface area (TPSA) is 82.3 Å². The number of nitrogens with zero attached hydrogens (tertiary/aromatic N) is 2. The second-order valence-corrected chi connectivity index (χ2v) is 5.14. The van der Waals surface area contributed by atoms with E-state index < -0.39 is 16.3 Å². The summed E-state index contributed by atoms with van der Waals surface area (Å²) in [7, 11) is 0. The number of pyridine rings is 1. The van der Waals surface area contributed by atoms with Crippen LogP contribution in [0.2, 0.25) is 0 Å². The maximum absolute atomic E-state index is 12.0. The first-order chi connectivity index (χ1) is 9.76. The molecule has 6 nitrogen and oxygen atoms in total. The average molecular weight is 292 g/mol. The lowest BCUT2D eigenvalue weighted by Gasteiger charge is -2.23. The van der Waals surface area contributed by atoms with Crippen molar-refractivity contribution < 1.29 is 14.5 Å². The van der Waals surface area contributed by atoms with E-state index in [0.29, 0.717) is 16.8 Å². The zero-order valence-electron chi connectivity index (χ0n) is 12.8. The third-order valence-corrected chi connectivity index (χ3v) is 3.49. The molecule has 0 fully saturated rings. The first kappa shape index (κ1) is 16.8. The summed E-state index contributed by atoms with van der Waals surface area (Å²) in [4.78, 5) is 27.0. The molecule has 0 spiro atoms. The van der Waals surface area contributed by atoms with Crippen molar-refractivity contribution >= 4 is 11.7 Å². The molecule has 1 unspecified atom stereocenters. The van der Waals surface area contributed by atoms with Gasteiger partial charge < -0.3 is 4.74 Å². The minimum atomic E-state index is -0.961. The molecule has 0 radical (unpaired) electrons. The Morgan fingerprint density at radius 1 is 1.57 bits per heavy atom. The summed E-state index contributed by atoms with van der Waals surface area (Å²) in [5, 5.41) is 11.1. The Labute approximate surface area is 124 Å². The fourth-order valence-electron chi connectivity index (χ4n) is 2.10. The number of esters is 1. The molecule has 1 aromatic rings. The van der Waals surface area contributed by atoms with Crippen LogP contribution in [0.3, 0.4) is 0 Å². The van der Waals surface area contributed by atoms with Crippen molar-refractivity contribution in [1.82, 2.24) is 4.98 Å². The second kappa shape index (κ2) is 6.47. The molecule has 0 aliphatic carbocycles. The number of rotatable bonds is 6. The van der Waals surface area contributed by atoms with Gasteiger partial charge >= 0.3 is 5.97 Å². The Bertz CT molecular complexity index is 583. The molecular formula is C15H20N2O4.